The molecule has 2 aromatic heterocycles. The summed E-state index contributed by atoms with van der Waals surface area (Å²) < 4.78 is 0. The third-order valence-electron chi connectivity index (χ3n) is 2.97. The number of hydrogen-bond acceptors (Lipinski definition) is 3. The van der Waals surface area contributed by atoms with Crippen LogP contribution >= 0.6 is 11.3 Å². The molecule has 1 N–H and O–H groups in total. The minimum Gasteiger partial charge on any atom is -0.353 e. The smallest absolute Gasteiger partial charge is 0.127 e. The van der Waals surface area contributed by atoms with Gasteiger partial charge in [0.2, 0.25) is 0 Å². The quantitative estimate of drug-likeness (QED) is 0.725. The molecule has 3 rings (SSSR count). The maximum atomic E-state index is 4.31. The Balaban J connectivity index is 1.86. The fraction of sp³-hybridized carbons (Fsp3) is 0.0556. The first-order valence-corrected chi connectivity index (χ1v) is 7.62. The molecule has 2 heterocycles. The van der Waals surface area contributed by atoms with Crippen molar-refractivity contribution in [2.24, 2.45) is 0 Å². The Labute approximate surface area is 128 Å². The number of benzene rings is 1. The minimum absolute atomic E-state index is 0.0636. The van der Waals surface area contributed by atoms with Crippen LogP contribution in [0.15, 0.2) is 71.6 Å². The highest BCUT2D eigenvalue weighted by Crippen LogP contribution is 2.20. The lowest BCUT2D eigenvalue weighted by Gasteiger charge is -2.12. The highest BCUT2D eigenvalue weighted by molar-refractivity contribution is 7.08. The summed E-state index contributed by atoms with van der Waals surface area (Å²) in [5.74, 6) is 7.34. The van der Waals surface area contributed by atoms with Gasteiger partial charge >= 0.3 is 0 Å². The number of nitrogens with one attached hydrogen (secondary N) is 1. The summed E-state index contributed by atoms with van der Waals surface area (Å²) in [5.41, 5.74) is 2.18. The number of nitrogens with zero attached hydrogens (tertiary/aromatic N) is 1. The first-order valence-electron chi connectivity index (χ1n) is 6.68. The lowest BCUT2D eigenvalue weighted by Crippen LogP contribution is -2.08. The van der Waals surface area contributed by atoms with E-state index in [4.69, 9.17) is 0 Å². The first kappa shape index (κ1) is 13.4. The molecule has 1 unspecified atom stereocenters. The third-order valence-corrected chi connectivity index (χ3v) is 3.67. The summed E-state index contributed by atoms with van der Waals surface area (Å²) in [6.07, 6.45) is 1.78. The topological polar surface area (TPSA) is 24.9 Å². The van der Waals surface area contributed by atoms with Crippen LogP contribution in [0.2, 0.25) is 0 Å². The highest BCUT2D eigenvalue weighted by atomic mass is 32.1. The molecule has 0 aliphatic rings. The van der Waals surface area contributed by atoms with Crippen molar-refractivity contribution >= 4 is 17.2 Å². The summed E-state index contributed by atoms with van der Waals surface area (Å²) in [4.78, 5) is 4.31. The van der Waals surface area contributed by atoms with Crippen molar-refractivity contribution in [1.29, 1.82) is 0 Å². The van der Waals surface area contributed by atoms with Crippen LogP contribution in [0.4, 0.5) is 5.82 Å². The molecule has 0 radical (unpaired) electrons. The SMILES string of the molecule is C(#CC(Nc1ccccn1)c1ccsc1)c1ccccc1. The van der Waals surface area contributed by atoms with Gasteiger partial charge in [0, 0.05) is 11.8 Å². The lowest BCUT2D eigenvalue weighted by molar-refractivity contribution is 1.01. The van der Waals surface area contributed by atoms with Gasteiger partial charge in [-0.3, -0.25) is 0 Å². The molecule has 0 amide bonds. The van der Waals surface area contributed by atoms with E-state index in [0.29, 0.717) is 0 Å². The monoisotopic (exact) mass is 290 g/mol. The number of thiophene rings is 1. The molecule has 0 saturated heterocycles. The average Bonchev–Trinajstić information content (AvgIpc) is 3.08. The fourth-order valence-electron chi connectivity index (χ4n) is 1.92. The van der Waals surface area contributed by atoms with Crippen molar-refractivity contribution in [3.63, 3.8) is 0 Å². The van der Waals surface area contributed by atoms with Crippen molar-refractivity contribution < 1.29 is 0 Å². The van der Waals surface area contributed by atoms with Gasteiger partial charge in [0.05, 0.1) is 0 Å². The molecule has 0 fully saturated rings. The van der Waals surface area contributed by atoms with Gasteiger partial charge in [0.1, 0.15) is 11.9 Å². The summed E-state index contributed by atoms with van der Waals surface area (Å²) >= 11 is 1.67. The molecule has 0 spiro atoms. The molecule has 1 aromatic carbocycles. The number of pyridine rings is 1. The van der Waals surface area contributed by atoms with Crippen LogP contribution in [-0.4, -0.2) is 4.98 Å². The van der Waals surface area contributed by atoms with Crippen LogP contribution in [-0.2, 0) is 0 Å². The Morgan fingerprint density at radius 2 is 1.86 bits per heavy atom. The van der Waals surface area contributed by atoms with Crippen molar-refractivity contribution in [3.8, 4) is 11.8 Å². The van der Waals surface area contributed by atoms with Crippen molar-refractivity contribution in [1.82, 2.24) is 4.98 Å². The Morgan fingerprint density at radius 1 is 1.00 bits per heavy atom. The second kappa shape index (κ2) is 6.74. The van der Waals surface area contributed by atoms with E-state index < -0.39 is 0 Å². The molecule has 0 saturated carbocycles. The number of hydrogen-bond donors (Lipinski definition) is 1. The summed E-state index contributed by atoms with van der Waals surface area (Å²) in [5, 5.41) is 7.55. The van der Waals surface area contributed by atoms with Gasteiger partial charge in [-0.15, -0.1) is 0 Å². The normalized spacial score (nSPS) is 11.2. The molecule has 0 bridgehead atoms. The predicted octanol–water partition coefficient (Wildman–Crippen LogP) is 4.35. The molecule has 0 aliphatic heterocycles. The van der Waals surface area contributed by atoms with E-state index in [-0.39, 0.29) is 6.04 Å². The van der Waals surface area contributed by atoms with Gasteiger partial charge in [-0.25, -0.2) is 4.98 Å². The zero-order chi connectivity index (χ0) is 14.3. The van der Waals surface area contributed by atoms with E-state index in [1.54, 1.807) is 17.5 Å². The van der Waals surface area contributed by atoms with Gasteiger partial charge in [-0.1, -0.05) is 36.1 Å². The Morgan fingerprint density at radius 3 is 2.57 bits per heavy atom. The molecule has 1 atom stereocenters. The molecule has 21 heavy (non-hydrogen) atoms. The zero-order valence-corrected chi connectivity index (χ0v) is 12.2. The standard InChI is InChI=1S/C18H14N2S/c1-2-6-15(7-3-1)9-10-17(16-11-13-21-14-16)20-18-8-4-5-12-19-18/h1-8,11-14,17H,(H,19,20). The van der Waals surface area contributed by atoms with Crippen molar-refractivity contribution in [2.75, 3.05) is 5.32 Å². The second-order valence-corrected chi connectivity index (χ2v) is 5.26. The molecular formula is C18H14N2S. The Bertz CT molecular complexity index is 725. The summed E-state index contributed by atoms with van der Waals surface area (Å²) in [6, 6.07) is 17.8. The molecule has 102 valence electrons. The zero-order valence-electron chi connectivity index (χ0n) is 11.4. The van der Waals surface area contributed by atoms with Gasteiger partial charge < -0.3 is 5.32 Å². The molecule has 2 nitrogen and oxygen atoms in total. The molecule has 3 aromatic rings. The van der Waals surface area contributed by atoms with Crippen LogP contribution < -0.4 is 5.32 Å². The van der Waals surface area contributed by atoms with Crippen LogP contribution in [0, 0.1) is 11.8 Å². The maximum Gasteiger partial charge on any atom is 0.127 e. The van der Waals surface area contributed by atoms with E-state index in [1.807, 2.05) is 48.5 Å². The first-order chi connectivity index (χ1) is 10.4. The van der Waals surface area contributed by atoms with Gasteiger partial charge in [0.25, 0.3) is 0 Å². The lowest BCUT2D eigenvalue weighted by atomic mass is 10.1. The number of rotatable bonds is 3. The number of aromatic nitrogens is 1. The highest BCUT2D eigenvalue weighted by Gasteiger charge is 2.09. The maximum absolute atomic E-state index is 4.31. The largest absolute Gasteiger partial charge is 0.353 e. The molecular weight excluding hydrogens is 276 g/mol. The van der Waals surface area contributed by atoms with E-state index in [9.17, 15) is 0 Å². The van der Waals surface area contributed by atoms with Crippen molar-refractivity contribution in [2.45, 2.75) is 6.04 Å². The molecule has 3 heteroatoms. The van der Waals surface area contributed by atoms with Crippen LogP contribution in [0.3, 0.4) is 0 Å². The third kappa shape index (κ3) is 3.71. The Kier molecular flexibility index (Phi) is 4.30. The van der Waals surface area contributed by atoms with Gasteiger partial charge in [-0.05, 0) is 46.7 Å². The van der Waals surface area contributed by atoms with E-state index in [2.05, 4.69) is 39.0 Å². The summed E-state index contributed by atoms with van der Waals surface area (Å²) in [7, 11) is 0. The van der Waals surface area contributed by atoms with Crippen LogP contribution in [0.1, 0.15) is 17.2 Å². The average molecular weight is 290 g/mol. The van der Waals surface area contributed by atoms with E-state index >= 15 is 0 Å². The fourth-order valence-corrected chi connectivity index (χ4v) is 2.60. The Hall–Kier alpha value is -2.57. The van der Waals surface area contributed by atoms with Gasteiger partial charge in [0.15, 0.2) is 0 Å². The minimum atomic E-state index is -0.0636. The second-order valence-electron chi connectivity index (χ2n) is 4.48. The molecule has 0 aliphatic carbocycles. The number of anilines is 1. The van der Waals surface area contributed by atoms with E-state index in [0.717, 1.165) is 16.9 Å². The van der Waals surface area contributed by atoms with Gasteiger partial charge in [-0.2, -0.15) is 11.3 Å². The summed E-state index contributed by atoms with van der Waals surface area (Å²) in [6.45, 7) is 0. The van der Waals surface area contributed by atoms with Crippen molar-refractivity contribution in [3.05, 3.63) is 82.7 Å². The van der Waals surface area contributed by atoms with Crippen LogP contribution in [0.5, 0.6) is 0 Å². The van der Waals surface area contributed by atoms with Crippen LogP contribution in [0.25, 0.3) is 0 Å². The predicted molar refractivity (Wildman–Crippen MR) is 88.2 cm³/mol. The van der Waals surface area contributed by atoms with E-state index in [1.165, 1.54) is 0 Å².